The standard InChI is InChI=1S/C16H21FO/c17-15-9-7-14(8-10-15)12-16(18)11-13-5-3-1-2-4-6-13/h7-10,13H,1-6,11-12H2. The maximum absolute atomic E-state index is 12.8. The van der Waals surface area contributed by atoms with Gasteiger partial charge in [0.25, 0.3) is 0 Å². The Morgan fingerprint density at radius 3 is 2.28 bits per heavy atom. The number of rotatable bonds is 4. The Hall–Kier alpha value is -1.18. The van der Waals surface area contributed by atoms with Gasteiger partial charge in [-0.05, 0) is 23.6 Å². The highest BCUT2D eigenvalue weighted by atomic mass is 19.1. The highest BCUT2D eigenvalue weighted by Gasteiger charge is 2.16. The van der Waals surface area contributed by atoms with Crippen molar-refractivity contribution in [3.63, 3.8) is 0 Å². The van der Waals surface area contributed by atoms with E-state index in [0.29, 0.717) is 24.5 Å². The Morgan fingerprint density at radius 2 is 1.67 bits per heavy atom. The highest BCUT2D eigenvalue weighted by Crippen LogP contribution is 2.26. The van der Waals surface area contributed by atoms with Crippen LogP contribution < -0.4 is 0 Å². The fraction of sp³-hybridized carbons (Fsp3) is 0.562. The van der Waals surface area contributed by atoms with E-state index in [-0.39, 0.29) is 5.82 Å². The van der Waals surface area contributed by atoms with Crippen molar-refractivity contribution < 1.29 is 9.18 Å². The largest absolute Gasteiger partial charge is 0.299 e. The molecule has 0 aromatic heterocycles. The molecule has 0 aliphatic heterocycles. The Morgan fingerprint density at radius 1 is 1.06 bits per heavy atom. The molecule has 0 spiro atoms. The monoisotopic (exact) mass is 248 g/mol. The summed E-state index contributed by atoms with van der Waals surface area (Å²) < 4.78 is 12.8. The third-order valence-electron chi connectivity index (χ3n) is 3.81. The molecular formula is C16H21FO. The minimum atomic E-state index is -0.241. The molecule has 1 aliphatic rings. The number of ketones is 1. The first-order chi connectivity index (χ1) is 8.74. The third kappa shape index (κ3) is 4.25. The first-order valence-corrected chi connectivity index (χ1v) is 7.00. The molecule has 1 aromatic carbocycles. The summed E-state index contributed by atoms with van der Waals surface area (Å²) in [5.41, 5.74) is 0.926. The van der Waals surface area contributed by atoms with Crippen molar-refractivity contribution in [1.82, 2.24) is 0 Å². The van der Waals surface area contributed by atoms with Crippen LogP contribution in [0, 0.1) is 11.7 Å². The average Bonchev–Trinajstić information content (AvgIpc) is 2.61. The first-order valence-electron chi connectivity index (χ1n) is 7.00. The van der Waals surface area contributed by atoms with Crippen LogP contribution in [-0.4, -0.2) is 5.78 Å². The normalized spacial score (nSPS) is 17.4. The van der Waals surface area contributed by atoms with Gasteiger partial charge >= 0.3 is 0 Å². The van der Waals surface area contributed by atoms with Crippen LogP contribution in [0.4, 0.5) is 4.39 Å². The zero-order valence-electron chi connectivity index (χ0n) is 10.8. The van der Waals surface area contributed by atoms with Crippen LogP contribution >= 0.6 is 0 Å². The lowest BCUT2D eigenvalue weighted by molar-refractivity contribution is -0.119. The number of carbonyl (C=O) groups excluding carboxylic acids is 1. The SMILES string of the molecule is O=C(Cc1ccc(F)cc1)CC1CCCCCC1. The molecule has 2 heteroatoms. The number of Topliss-reactive ketones (excluding diaryl/α,β-unsaturated/α-hetero) is 1. The lowest BCUT2D eigenvalue weighted by Crippen LogP contribution is -2.10. The van der Waals surface area contributed by atoms with Gasteiger partial charge in [0.2, 0.25) is 0 Å². The highest BCUT2D eigenvalue weighted by molar-refractivity contribution is 5.81. The van der Waals surface area contributed by atoms with E-state index in [0.717, 1.165) is 5.56 Å². The predicted octanol–water partition coefficient (Wildman–Crippen LogP) is 4.30. The molecule has 0 saturated heterocycles. The molecule has 1 saturated carbocycles. The number of carbonyl (C=O) groups is 1. The van der Waals surface area contributed by atoms with Crippen LogP contribution in [0.25, 0.3) is 0 Å². The fourth-order valence-corrected chi connectivity index (χ4v) is 2.79. The van der Waals surface area contributed by atoms with Gasteiger partial charge in [0, 0.05) is 12.8 Å². The summed E-state index contributed by atoms with van der Waals surface area (Å²) in [4.78, 5) is 12.0. The molecule has 1 aliphatic carbocycles. The van der Waals surface area contributed by atoms with E-state index < -0.39 is 0 Å². The molecule has 2 rings (SSSR count). The Balaban J connectivity index is 1.82. The summed E-state index contributed by atoms with van der Waals surface area (Å²) in [5, 5.41) is 0. The van der Waals surface area contributed by atoms with E-state index >= 15 is 0 Å². The minimum absolute atomic E-state index is 0.241. The van der Waals surface area contributed by atoms with Crippen LogP contribution in [0.15, 0.2) is 24.3 Å². The summed E-state index contributed by atoms with van der Waals surface area (Å²) in [5.74, 6) is 0.643. The fourth-order valence-electron chi connectivity index (χ4n) is 2.79. The topological polar surface area (TPSA) is 17.1 Å². The molecule has 0 atom stereocenters. The summed E-state index contributed by atoms with van der Waals surface area (Å²) in [7, 11) is 0. The van der Waals surface area contributed by atoms with E-state index in [1.807, 2.05) is 0 Å². The molecule has 98 valence electrons. The maximum Gasteiger partial charge on any atom is 0.137 e. The van der Waals surface area contributed by atoms with Crippen molar-refractivity contribution in [3.05, 3.63) is 35.6 Å². The van der Waals surface area contributed by atoms with Gasteiger partial charge in [0.05, 0.1) is 0 Å². The lowest BCUT2D eigenvalue weighted by Gasteiger charge is -2.12. The molecule has 0 unspecified atom stereocenters. The zero-order valence-corrected chi connectivity index (χ0v) is 10.8. The lowest BCUT2D eigenvalue weighted by atomic mass is 9.92. The second-order valence-electron chi connectivity index (χ2n) is 5.40. The number of hydrogen-bond acceptors (Lipinski definition) is 1. The molecule has 1 aromatic rings. The van der Waals surface area contributed by atoms with Crippen LogP contribution in [0.3, 0.4) is 0 Å². The second-order valence-corrected chi connectivity index (χ2v) is 5.40. The smallest absolute Gasteiger partial charge is 0.137 e. The van der Waals surface area contributed by atoms with Crippen molar-refractivity contribution in [3.8, 4) is 0 Å². The van der Waals surface area contributed by atoms with Crippen LogP contribution in [-0.2, 0) is 11.2 Å². The summed E-state index contributed by atoms with van der Waals surface area (Å²) in [6, 6.07) is 6.27. The summed E-state index contributed by atoms with van der Waals surface area (Å²) in [6.45, 7) is 0. The quantitative estimate of drug-likeness (QED) is 0.726. The molecular weight excluding hydrogens is 227 g/mol. The van der Waals surface area contributed by atoms with E-state index in [2.05, 4.69) is 0 Å². The predicted molar refractivity (Wildman–Crippen MR) is 70.9 cm³/mol. The molecule has 1 nitrogen and oxygen atoms in total. The maximum atomic E-state index is 12.8. The third-order valence-corrected chi connectivity index (χ3v) is 3.81. The van der Waals surface area contributed by atoms with Crippen LogP contribution in [0.5, 0.6) is 0 Å². The van der Waals surface area contributed by atoms with Gasteiger partial charge in [0.1, 0.15) is 11.6 Å². The average molecular weight is 248 g/mol. The number of benzene rings is 1. The number of hydrogen-bond donors (Lipinski definition) is 0. The van der Waals surface area contributed by atoms with Gasteiger partial charge in [-0.25, -0.2) is 4.39 Å². The molecule has 0 radical (unpaired) electrons. The van der Waals surface area contributed by atoms with Gasteiger partial charge in [-0.1, -0.05) is 50.7 Å². The van der Waals surface area contributed by atoms with Crippen LogP contribution in [0.1, 0.15) is 50.5 Å². The Kier molecular flexibility index (Phi) is 4.91. The Bertz CT molecular complexity index is 375. The molecule has 0 heterocycles. The number of halogens is 1. The van der Waals surface area contributed by atoms with Crippen molar-refractivity contribution in [1.29, 1.82) is 0 Å². The molecule has 0 bridgehead atoms. The van der Waals surface area contributed by atoms with Crippen molar-refractivity contribution in [2.75, 3.05) is 0 Å². The summed E-state index contributed by atoms with van der Waals surface area (Å²) in [6.07, 6.45) is 8.76. The summed E-state index contributed by atoms with van der Waals surface area (Å²) >= 11 is 0. The molecule has 18 heavy (non-hydrogen) atoms. The van der Waals surface area contributed by atoms with E-state index in [9.17, 15) is 9.18 Å². The van der Waals surface area contributed by atoms with E-state index in [1.165, 1.54) is 50.7 Å². The first kappa shape index (κ1) is 13.3. The van der Waals surface area contributed by atoms with E-state index in [1.54, 1.807) is 12.1 Å². The van der Waals surface area contributed by atoms with E-state index in [4.69, 9.17) is 0 Å². The van der Waals surface area contributed by atoms with Gasteiger partial charge < -0.3 is 0 Å². The van der Waals surface area contributed by atoms with Gasteiger partial charge in [-0.2, -0.15) is 0 Å². The van der Waals surface area contributed by atoms with Crippen LogP contribution in [0.2, 0.25) is 0 Å². The van der Waals surface area contributed by atoms with Crippen molar-refractivity contribution >= 4 is 5.78 Å². The molecule has 0 N–H and O–H groups in total. The Labute approximate surface area is 108 Å². The van der Waals surface area contributed by atoms with Gasteiger partial charge in [-0.15, -0.1) is 0 Å². The van der Waals surface area contributed by atoms with Crippen molar-refractivity contribution in [2.45, 2.75) is 51.4 Å². The van der Waals surface area contributed by atoms with Crippen molar-refractivity contribution in [2.24, 2.45) is 5.92 Å². The second kappa shape index (κ2) is 6.67. The zero-order chi connectivity index (χ0) is 12.8. The molecule has 0 amide bonds. The minimum Gasteiger partial charge on any atom is -0.299 e. The van der Waals surface area contributed by atoms with Gasteiger partial charge in [0.15, 0.2) is 0 Å². The van der Waals surface area contributed by atoms with Gasteiger partial charge in [-0.3, -0.25) is 4.79 Å². The molecule has 1 fully saturated rings.